The average molecular weight is 319 g/mol. The topological polar surface area (TPSA) is 85.4 Å². The molecule has 7 heteroatoms. The molecular weight excluding hydrogens is 308 g/mol. The zero-order valence-electron chi connectivity index (χ0n) is 11.6. The Morgan fingerprint density at radius 3 is 2.59 bits per heavy atom. The number of benzene rings is 2. The lowest BCUT2D eigenvalue weighted by atomic mass is 10.2. The number of halogens is 1. The quantitative estimate of drug-likeness (QED) is 0.619. The molecule has 0 aromatic heterocycles. The van der Waals surface area contributed by atoms with Gasteiger partial charge in [-0.2, -0.15) is 5.26 Å². The number of ether oxygens (including phenoxy) is 2. The van der Waals surface area contributed by atoms with E-state index < -0.39 is 4.92 Å². The van der Waals surface area contributed by atoms with E-state index in [4.69, 9.17) is 26.3 Å². The second-order valence-electron chi connectivity index (χ2n) is 4.30. The van der Waals surface area contributed by atoms with Crippen LogP contribution in [0.4, 0.5) is 5.69 Å². The van der Waals surface area contributed by atoms with Crippen molar-refractivity contribution in [2.24, 2.45) is 0 Å². The van der Waals surface area contributed by atoms with Crippen molar-refractivity contribution in [3.05, 3.63) is 62.7 Å². The number of methoxy groups -OCH3 is 1. The number of hydrogen-bond acceptors (Lipinski definition) is 5. The number of non-ortho nitro benzene ring substituents is 1. The van der Waals surface area contributed by atoms with E-state index in [0.29, 0.717) is 27.6 Å². The molecule has 0 fully saturated rings. The van der Waals surface area contributed by atoms with Gasteiger partial charge in [-0.3, -0.25) is 10.1 Å². The van der Waals surface area contributed by atoms with Crippen LogP contribution < -0.4 is 9.47 Å². The summed E-state index contributed by atoms with van der Waals surface area (Å²) in [5, 5.41) is 19.9. The Labute approximate surface area is 131 Å². The average Bonchev–Trinajstić information content (AvgIpc) is 2.53. The maximum atomic E-state index is 10.8. The van der Waals surface area contributed by atoms with Crippen molar-refractivity contribution in [3.8, 4) is 17.6 Å². The van der Waals surface area contributed by atoms with Gasteiger partial charge in [-0.05, 0) is 24.3 Å². The molecule has 2 aromatic rings. The summed E-state index contributed by atoms with van der Waals surface area (Å²) in [5.74, 6) is 0.865. The molecular formula is C15H11ClN2O4. The second-order valence-corrected chi connectivity index (χ2v) is 4.71. The second kappa shape index (κ2) is 6.78. The number of nitro benzene ring substituents is 1. The van der Waals surface area contributed by atoms with Crippen molar-refractivity contribution in [2.75, 3.05) is 7.11 Å². The van der Waals surface area contributed by atoms with Crippen LogP contribution in [0, 0.1) is 21.4 Å². The van der Waals surface area contributed by atoms with Crippen LogP contribution in [0.25, 0.3) is 0 Å². The largest absolute Gasteiger partial charge is 0.496 e. The minimum Gasteiger partial charge on any atom is -0.496 e. The predicted octanol–water partition coefficient (Wildman–Crippen LogP) is 3.71. The monoisotopic (exact) mass is 318 g/mol. The SMILES string of the molecule is COc1ccc([N+](=O)[O-])cc1COc1ccc(C#N)cc1Cl. The standard InChI is InChI=1S/C15H11ClN2O4/c1-21-14-5-3-12(18(19)20)7-11(14)9-22-15-4-2-10(8-17)6-13(15)16/h2-7H,9H2,1H3. The van der Waals surface area contributed by atoms with E-state index in [0.717, 1.165) is 0 Å². The van der Waals surface area contributed by atoms with E-state index in [2.05, 4.69) is 0 Å². The molecule has 0 aliphatic rings. The number of nitrogens with zero attached hydrogens (tertiary/aromatic N) is 2. The first kappa shape index (κ1) is 15.6. The van der Waals surface area contributed by atoms with Gasteiger partial charge in [0.05, 0.1) is 28.7 Å². The highest BCUT2D eigenvalue weighted by Crippen LogP contribution is 2.29. The van der Waals surface area contributed by atoms with Crippen LogP contribution in [-0.2, 0) is 6.61 Å². The fraction of sp³-hybridized carbons (Fsp3) is 0.133. The molecule has 0 atom stereocenters. The number of nitriles is 1. The van der Waals surface area contributed by atoms with Crippen LogP contribution in [0.5, 0.6) is 11.5 Å². The molecule has 0 N–H and O–H groups in total. The Morgan fingerprint density at radius 2 is 2.00 bits per heavy atom. The Morgan fingerprint density at radius 1 is 1.27 bits per heavy atom. The fourth-order valence-corrected chi connectivity index (χ4v) is 2.07. The molecule has 0 aliphatic heterocycles. The molecule has 0 unspecified atom stereocenters. The van der Waals surface area contributed by atoms with Gasteiger partial charge in [-0.25, -0.2) is 0 Å². The zero-order chi connectivity index (χ0) is 16.1. The van der Waals surface area contributed by atoms with E-state index in [1.807, 2.05) is 6.07 Å². The predicted molar refractivity (Wildman–Crippen MR) is 80.1 cm³/mol. The summed E-state index contributed by atoms with van der Waals surface area (Å²) in [5.41, 5.74) is 0.896. The lowest BCUT2D eigenvalue weighted by Gasteiger charge is -2.11. The molecule has 0 radical (unpaired) electrons. The third-order valence-electron chi connectivity index (χ3n) is 2.92. The Bertz CT molecular complexity index is 756. The summed E-state index contributed by atoms with van der Waals surface area (Å²) in [6.45, 7) is 0.0521. The Hall–Kier alpha value is -2.78. The third-order valence-corrected chi connectivity index (χ3v) is 3.21. The minimum atomic E-state index is -0.488. The number of rotatable bonds is 5. The van der Waals surface area contributed by atoms with Crippen LogP contribution in [0.3, 0.4) is 0 Å². The molecule has 2 rings (SSSR count). The summed E-state index contributed by atoms with van der Waals surface area (Å²) in [4.78, 5) is 10.3. The van der Waals surface area contributed by atoms with Crippen molar-refractivity contribution < 1.29 is 14.4 Å². The molecule has 0 amide bonds. The highest BCUT2D eigenvalue weighted by molar-refractivity contribution is 6.32. The van der Waals surface area contributed by atoms with Gasteiger partial charge >= 0.3 is 0 Å². The first-order valence-corrected chi connectivity index (χ1v) is 6.56. The Balaban J connectivity index is 2.22. The fourth-order valence-electron chi connectivity index (χ4n) is 1.83. The van der Waals surface area contributed by atoms with Gasteiger partial charge in [-0.1, -0.05) is 11.6 Å². The molecule has 0 saturated heterocycles. The van der Waals surface area contributed by atoms with Crippen LogP contribution in [0.1, 0.15) is 11.1 Å². The molecule has 6 nitrogen and oxygen atoms in total. The van der Waals surface area contributed by atoms with Crippen molar-refractivity contribution in [1.82, 2.24) is 0 Å². The molecule has 0 aliphatic carbocycles. The van der Waals surface area contributed by atoms with Gasteiger partial charge in [0.15, 0.2) is 0 Å². The summed E-state index contributed by atoms with van der Waals surface area (Å²) < 4.78 is 10.7. The van der Waals surface area contributed by atoms with E-state index in [-0.39, 0.29) is 12.3 Å². The lowest BCUT2D eigenvalue weighted by molar-refractivity contribution is -0.385. The van der Waals surface area contributed by atoms with Gasteiger partial charge in [-0.15, -0.1) is 0 Å². The summed E-state index contributed by atoms with van der Waals surface area (Å²) in [7, 11) is 1.47. The summed E-state index contributed by atoms with van der Waals surface area (Å²) in [6.07, 6.45) is 0. The van der Waals surface area contributed by atoms with Gasteiger partial charge in [0.1, 0.15) is 18.1 Å². The minimum absolute atomic E-state index is 0.0506. The third kappa shape index (κ3) is 3.45. The molecule has 112 valence electrons. The van der Waals surface area contributed by atoms with Crippen LogP contribution >= 0.6 is 11.6 Å². The zero-order valence-corrected chi connectivity index (χ0v) is 12.3. The highest BCUT2D eigenvalue weighted by atomic mass is 35.5. The van der Waals surface area contributed by atoms with E-state index in [9.17, 15) is 10.1 Å². The van der Waals surface area contributed by atoms with Crippen molar-refractivity contribution in [2.45, 2.75) is 6.61 Å². The summed E-state index contributed by atoms with van der Waals surface area (Å²) >= 11 is 6.01. The first-order valence-electron chi connectivity index (χ1n) is 6.19. The normalized spacial score (nSPS) is 9.86. The molecule has 0 saturated carbocycles. The lowest BCUT2D eigenvalue weighted by Crippen LogP contribution is -2.00. The maximum absolute atomic E-state index is 10.8. The van der Waals surface area contributed by atoms with Gasteiger partial charge < -0.3 is 9.47 Å². The van der Waals surface area contributed by atoms with Crippen molar-refractivity contribution >= 4 is 17.3 Å². The van der Waals surface area contributed by atoms with Crippen LogP contribution in [-0.4, -0.2) is 12.0 Å². The molecule has 0 spiro atoms. The molecule has 0 bridgehead atoms. The van der Waals surface area contributed by atoms with E-state index in [1.54, 1.807) is 12.1 Å². The van der Waals surface area contributed by atoms with Crippen LogP contribution in [0.15, 0.2) is 36.4 Å². The van der Waals surface area contributed by atoms with Crippen molar-refractivity contribution in [3.63, 3.8) is 0 Å². The number of hydrogen-bond donors (Lipinski definition) is 0. The summed E-state index contributed by atoms with van der Waals surface area (Å²) in [6, 6.07) is 10.9. The first-order chi connectivity index (χ1) is 10.5. The molecule has 22 heavy (non-hydrogen) atoms. The van der Waals surface area contributed by atoms with Gasteiger partial charge in [0.2, 0.25) is 0 Å². The van der Waals surface area contributed by atoms with Crippen molar-refractivity contribution in [1.29, 1.82) is 5.26 Å². The molecule has 0 heterocycles. The van der Waals surface area contributed by atoms with Gasteiger partial charge in [0, 0.05) is 17.7 Å². The smallest absolute Gasteiger partial charge is 0.270 e. The maximum Gasteiger partial charge on any atom is 0.270 e. The highest BCUT2D eigenvalue weighted by Gasteiger charge is 2.12. The molecule has 2 aromatic carbocycles. The van der Waals surface area contributed by atoms with E-state index >= 15 is 0 Å². The Kier molecular flexibility index (Phi) is 4.81. The van der Waals surface area contributed by atoms with Gasteiger partial charge in [0.25, 0.3) is 5.69 Å². The van der Waals surface area contributed by atoms with E-state index in [1.165, 1.54) is 31.4 Å². The van der Waals surface area contributed by atoms with Crippen LogP contribution in [0.2, 0.25) is 5.02 Å². The number of nitro groups is 1.